The van der Waals surface area contributed by atoms with Gasteiger partial charge in [0, 0.05) is 18.9 Å². The van der Waals surface area contributed by atoms with Gasteiger partial charge in [0.25, 0.3) is 0 Å². The number of nitrogens with zero attached hydrogens (tertiary/aromatic N) is 2. The van der Waals surface area contributed by atoms with Crippen LogP contribution in [0.3, 0.4) is 0 Å². The molecule has 3 nitrogen and oxygen atoms in total. The van der Waals surface area contributed by atoms with Gasteiger partial charge in [-0.15, -0.1) is 0 Å². The molecule has 1 N–H and O–H groups in total. The van der Waals surface area contributed by atoms with Crippen LogP contribution < -0.4 is 5.32 Å². The van der Waals surface area contributed by atoms with E-state index in [-0.39, 0.29) is 5.41 Å². The Balaban J connectivity index is 2.97. The highest BCUT2D eigenvalue weighted by molar-refractivity contribution is 5.04. The highest BCUT2D eigenvalue weighted by Crippen LogP contribution is 2.35. The molecule has 0 radical (unpaired) electrons. The summed E-state index contributed by atoms with van der Waals surface area (Å²) < 4.78 is 2.30. The molecule has 1 heterocycles. The van der Waals surface area contributed by atoms with Crippen LogP contribution in [-0.4, -0.2) is 16.1 Å². The van der Waals surface area contributed by atoms with Crippen molar-refractivity contribution in [3.63, 3.8) is 0 Å². The average molecular weight is 251 g/mol. The largest absolute Gasteiger partial charge is 0.334 e. The number of hydrogen-bond acceptors (Lipinski definition) is 2. The van der Waals surface area contributed by atoms with Gasteiger partial charge < -0.3 is 9.88 Å². The van der Waals surface area contributed by atoms with Crippen LogP contribution in [0.15, 0.2) is 12.4 Å². The van der Waals surface area contributed by atoms with Crippen LogP contribution in [0.5, 0.6) is 0 Å². The SMILES string of the molecule is CCCNC(c1nccn1CCC)C(C)(C)CC. The predicted molar refractivity (Wildman–Crippen MR) is 77.6 cm³/mol. The lowest BCUT2D eigenvalue weighted by Crippen LogP contribution is -2.36. The van der Waals surface area contributed by atoms with E-state index in [4.69, 9.17) is 0 Å². The first-order valence-corrected chi connectivity index (χ1v) is 7.31. The van der Waals surface area contributed by atoms with Crippen molar-refractivity contribution in [3.8, 4) is 0 Å². The van der Waals surface area contributed by atoms with Crippen molar-refractivity contribution in [1.29, 1.82) is 0 Å². The zero-order chi connectivity index (χ0) is 13.6. The Morgan fingerprint density at radius 1 is 1.28 bits per heavy atom. The second-order valence-corrected chi connectivity index (χ2v) is 5.71. The van der Waals surface area contributed by atoms with Crippen molar-refractivity contribution in [1.82, 2.24) is 14.9 Å². The van der Waals surface area contributed by atoms with E-state index in [1.54, 1.807) is 0 Å². The third-order valence-corrected chi connectivity index (χ3v) is 3.76. The average Bonchev–Trinajstić information content (AvgIpc) is 2.78. The first-order valence-electron chi connectivity index (χ1n) is 7.31. The number of aryl methyl sites for hydroxylation is 1. The van der Waals surface area contributed by atoms with E-state index in [0.717, 1.165) is 32.4 Å². The zero-order valence-corrected chi connectivity index (χ0v) is 12.7. The van der Waals surface area contributed by atoms with Crippen LogP contribution in [0.2, 0.25) is 0 Å². The maximum atomic E-state index is 4.60. The lowest BCUT2D eigenvalue weighted by Gasteiger charge is -2.34. The number of rotatable bonds is 8. The van der Waals surface area contributed by atoms with Crippen molar-refractivity contribution in [2.24, 2.45) is 5.41 Å². The molecule has 3 heteroatoms. The number of hydrogen-bond donors (Lipinski definition) is 1. The van der Waals surface area contributed by atoms with Crippen LogP contribution in [-0.2, 0) is 6.54 Å². The van der Waals surface area contributed by atoms with E-state index in [1.165, 1.54) is 5.82 Å². The topological polar surface area (TPSA) is 29.9 Å². The Kier molecular flexibility index (Phi) is 5.86. The molecule has 0 saturated heterocycles. The molecule has 0 aliphatic carbocycles. The summed E-state index contributed by atoms with van der Waals surface area (Å²) in [6, 6.07) is 0.337. The molecule has 0 aliphatic heterocycles. The molecule has 0 amide bonds. The number of aromatic nitrogens is 2. The Labute approximate surface area is 112 Å². The maximum Gasteiger partial charge on any atom is 0.126 e. The van der Waals surface area contributed by atoms with Crippen LogP contribution in [0, 0.1) is 5.41 Å². The van der Waals surface area contributed by atoms with Gasteiger partial charge in [-0.25, -0.2) is 4.98 Å². The monoisotopic (exact) mass is 251 g/mol. The molecule has 0 aliphatic rings. The van der Waals surface area contributed by atoms with Crippen LogP contribution in [0.4, 0.5) is 0 Å². The van der Waals surface area contributed by atoms with E-state index in [9.17, 15) is 0 Å². The Hall–Kier alpha value is -0.830. The van der Waals surface area contributed by atoms with E-state index < -0.39 is 0 Å². The minimum atomic E-state index is 0.228. The lowest BCUT2D eigenvalue weighted by molar-refractivity contribution is 0.220. The summed E-state index contributed by atoms with van der Waals surface area (Å²) in [6.45, 7) is 13.4. The molecular formula is C15H29N3. The summed E-state index contributed by atoms with van der Waals surface area (Å²) in [4.78, 5) is 4.60. The van der Waals surface area contributed by atoms with E-state index in [1.807, 2.05) is 6.20 Å². The molecule has 1 aromatic rings. The number of nitrogens with one attached hydrogen (secondary N) is 1. The quantitative estimate of drug-likeness (QED) is 0.762. The molecule has 0 saturated carbocycles. The van der Waals surface area contributed by atoms with Crippen LogP contribution in [0.1, 0.15) is 65.7 Å². The lowest BCUT2D eigenvalue weighted by atomic mass is 9.81. The summed E-state index contributed by atoms with van der Waals surface area (Å²) in [5.74, 6) is 1.19. The summed E-state index contributed by atoms with van der Waals surface area (Å²) in [7, 11) is 0. The van der Waals surface area contributed by atoms with Gasteiger partial charge in [-0.05, 0) is 31.2 Å². The molecular weight excluding hydrogens is 222 g/mol. The molecule has 0 aromatic carbocycles. The predicted octanol–water partition coefficient (Wildman–Crippen LogP) is 3.77. The van der Waals surface area contributed by atoms with Gasteiger partial charge in [-0.3, -0.25) is 0 Å². The highest BCUT2D eigenvalue weighted by Gasteiger charge is 2.31. The molecule has 104 valence electrons. The molecule has 1 unspecified atom stereocenters. The van der Waals surface area contributed by atoms with Crippen molar-refractivity contribution < 1.29 is 0 Å². The van der Waals surface area contributed by atoms with Crippen molar-refractivity contribution in [2.75, 3.05) is 6.54 Å². The zero-order valence-electron chi connectivity index (χ0n) is 12.7. The number of imidazole rings is 1. The van der Waals surface area contributed by atoms with Gasteiger partial charge >= 0.3 is 0 Å². The van der Waals surface area contributed by atoms with E-state index in [0.29, 0.717) is 6.04 Å². The van der Waals surface area contributed by atoms with E-state index in [2.05, 4.69) is 55.7 Å². The first kappa shape index (κ1) is 15.2. The van der Waals surface area contributed by atoms with Gasteiger partial charge in [0.2, 0.25) is 0 Å². The second kappa shape index (κ2) is 6.93. The fourth-order valence-electron chi connectivity index (χ4n) is 2.22. The summed E-state index contributed by atoms with van der Waals surface area (Å²) >= 11 is 0. The molecule has 0 spiro atoms. The molecule has 1 aromatic heterocycles. The second-order valence-electron chi connectivity index (χ2n) is 5.71. The minimum absolute atomic E-state index is 0.228. The van der Waals surface area contributed by atoms with Crippen LogP contribution >= 0.6 is 0 Å². The highest BCUT2D eigenvalue weighted by atomic mass is 15.1. The molecule has 0 bridgehead atoms. The summed E-state index contributed by atoms with van der Waals surface area (Å²) in [5.41, 5.74) is 0.228. The van der Waals surface area contributed by atoms with Crippen molar-refractivity contribution >= 4 is 0 Å². The third kappa shape index (κ3) is 3.58. The van der Waals surface area contributed by atoms with Gasteiger partial charge in [0.1, 0.15) is 5.82 Å². The Morgan fingerprint density at radius 2 is 2.00 bits per heavy atom. The van der Waals surface area contributed by atoms with Gasteiger partial charge in [-0.2, -0.15) is 0 Å². The molecule has 1 atom stereocenters. The van der Waals surface area contributed by atoms with E-state index >= 15 is 0 Å². The molecule has 18 heavy (non-hydrogen) atoms. The molecule has 0 fully saturated rings. The Morgan fingerprint density at radius 3 is 2.56 bits per heavy atom. The van der Waals surface area contributed by atoms with Gasteiger partial charge in [0.15, 0.2) is 0 Å². The fourth-order valence-corrected chi connectivity index (χ4v) is 2.22. The summed E-state index contributed by atoms with van der Waals surface area (Å²) in [6.07, 6.45) is 7.48. The Bertz CT molecular complexity index is 341. The normalized spacial score (nSPS) is 13.8. The maximum absolute atomic E-state index is 4.60. The van der Waals surface area contributed by atoms with Crippen molar-refractivity contribution in [3.05, 3.63) is 18.2 Å². The smallest absolute Gasteiger partial charge is 0.126 e. The van der Waals surface area contributed by atoms with Gasteiger partial charge in [-0.1, -0.05) is 34.6 Å². The first-order chi connectivity index (χ1) is 8.56. The third-order valence-electron chi connectivity index (χ3n) is 3.76. The van der Waals surface area contributed by atoms with Crippen LogP contribution in [0.25, 0.3) is 0 Å². The summed E-state index contributed by atoms with van der Waals surface area (Å²) in [5, 5.41) is 3.68. The minimum Gasteiger partial charge on any atom is -0.334 e. The standard InChI is InChI=1S/C15H29N3/c1-6-9-16-13(15(4,5)8-3)14-17-10-12-18(14)11-7-2/h10,12-13,16H,6-9,11H2,1-5H3. The molecule has 1 rings (SSSR count). The van der Waals surface area contributed by atoms with Crippen molar-refractivity contribution in [2.45, 2.75) is 66.5 Å². The fraction of sp³-hybridized carbons (Fsp3) is 0.800. The van der Waals surface area contributed by atoms with Gasteiger partial charge in [0.05, 0.1) is 6.04 Å².